The Balaban J connectivity index is 2.12. The first-order valence-corrected chi connectivity index (χ1v) is 9.66. The van der Waals surface area contributed by atoms with E-state index in [1.54, 1.807) is 18.2 Å². The van der Waals surface area contributed by atoms with E-state index in [-0.39, 0.29) is 10.8 Å². The number of amides is 1. The molecule has 7 nitrogen and oxygen atoms in total. The lowest BCUT2D eigenvalue weighted by Gasteiger charge is -2.20. The summed E-state index contributed by atoms with van der Waals surface area (Å²) >= 11 is 0. The number of carbonyl (C=O) groups excluding carboxylic acids is 1. The second-order valence-electron chi connectivity index (χ2n) is 6.03. The van der Waals surface area contributed by atoms with Crippen LogP contribution in [-0.4, -0.2) is 63.3 Å². The largest absolute Gasteiger partial charge is 0.330 e. The number of nitrogens with two attached hydrogens (primary N) is 1. The lowest BCUT2D eigenvalue weighted by molar-refractivity contribution is -0.116. The van der Waals surface area contributed by atoms with E-state index in [9.17, 15) is 13.2 Å². The van der Waals surface area contributed by atoms with Gasteiger partial charge in [-0.25, -0.2) is 8.42 Å². The molecule has 1 aliphatic rings. The number of anilines is 1. The van der Waals surface area contributed by atoms with Gasteiger partial charge >= 0.3 is 0 Å². The fourth-order valence-electron chi connectivity index (χ4n) is 2.63. The summed E-state index contributed by atoms with van der Waals surface area (Å²) in [6.45, 7) is 3.05. The number of nitrogens with zero attached hydrogens (tertiary/aromatic N) is 2. The van der Waals surface area contributed by atoms with Crippen molar-refractivity contribution in [2.24, 2.45) is 5.73 Å². The van der Waals surface area contributed by atoms with Gasteiger partial charge in [0.2, 0.25) is 15.9 Å². The summed E-state index contributed by atoms with van der Waals surface area (Å²) in [7, 11) is -1.56. The first kappa shape index (κ1) is 18.9. The molecule has 0 unspecified atom stereocenters. The molecule has 1 fully saturated rings. The van der Waals surface area contributed by atoms with Crippen molar-refractivity contribution < 1.29 is 13.2 Å². The number of sulfonamides is 1. The number of carbonyl (C=O) groups is 1. The van der Waals surface area contributed by atoms with Crippen LogP contribution in [0.5, 0.6) is 0 Å². The Labute approximate surface area is 143 Å². The van der Waals surface area contributed by atoms with E-state index in [1.165, 1.54) is 10.4 Å². The van der Waals surface area contributed by atoms with E-state index in [0.29, 0.717) is 38.2 Å². The van der Waals surface area contributed by atoms with Crippen molar-refractivity contribution in [1.82, 2.24) is 9.21 Å². The van der Waals surface area contributed by atoms with Gasteiger partial charge in [-0.15, -0.1) is 0 Å². The Kier molecular flexibility index (Phi) is 6.73. The fraction of sp³-hybridized carbons (Fsp3) is 0.562. The van der Waals surface area contributed by atoms with Gasteiger partial charge in [0, 0.05) is 31.7 Å². The highest BCUT2D eigenvalue weighted by Gasteiger charge is 2.26. The minimum Gasteiger partial charge on any atom is -0.330 e. The molecule has 3 N–H and O–H groups in total. The molecule has 1 heterocycles. The van der Waals surface area contributed by atoms with Crippen LogP contribution in [0.3, 0.4) is 0 Å². The van der Waals surface area contributed by atoms with E-state index >= 15 is 0 Å². The average Bonchev–Trinajstić information content (AvgIpc) is 2.78. The van der Waals surface area contributed by atoms with E-state index in [4.69, 9.17) is 5.73 Å². The van der Waals surface area contributed by atoms with Crippen LogP contribution in [0.2, 0.25) is 0 Å². The van der Waals surface area contributed by atoms with E-state index in [0.717, 1.165) is 19.5 Å². The van der Waals surface area contributed by atoms with Gasteiger partial charge in [-0.3, -0.25) is 4.79 Å². The predicted molar refractivity (Wildman–Crippen MR) is 94.2 cm³/mol. The highest BCUT2D eigenvalue weighted by Crippen LogP contribution is 2.21. The maximum atomic E-state index is 12.8. The van der Waals surface area contributed by atoms with Crippen molar-refractivity contribution in [3.8, 4) is 0 Å². The van der Waals surface area contributed by atoms with Crippen LogP contribution in [0.4, 0.5) is 5.69 Å². The van der Waals surface area contributed by atoms with Crippen LogP contribution < -0.4 is 11.1 Å². The van der Waals surface area contributed by atoms with Crippen LogP contribution in [0, 0.1) is 0 Å². The molecule has 0 atom stereocenters. The van der Waals surface area contributed by atoms with Crippen molar-refractivity contribution in [2.45, 2.75) is 24.2 Å². The van der Waals surface area contributed by atoms with Gasteiger partial charge in [-0.1, -0.05) is 6.07 Å². The quantitative estimate of drug-likeness (QED) is 0.784. The normalized spacial score (nSPS) is 17.4. The van der Waals surface area contributed by atoms with Gasteiger partial charge in [0.1, 0.15) is 0 Å². The number of benzene rings is 1. The molecule has 1 aromatic rings. The van der Waals surface area contributed by atoms with Crippen LogP contribution in [0.1, 0.15) is 19.3 Å². The van der Waals surface area contributed by atoms with Gasteiger partial charge in [0.25, 0.3) is 0 Å². The summed E-state index contributed by atoms with van der Waals surface area (Å²) in [6, 6.07) is 6.43. The zero-order valence-corrected chi connectivity index (χ0v) is 14.9. The van der Waals surface area contributed by atoms with E-state index in [1.807, 2.05) is 7.05 Å². The van der Waals surface area contributed by atoms with Gasteiger partial charge in [-0.2, -0.15) is 4.31 Å². The molecular weight excluding hydrogens is 328 g/mol. The van der Waals surface area contributed by atoms with Crippen molar-refractivity contribution >= 4 is 21.6 Å². The SMILES string of the molecule is CN1CCCN(S(=O)(=O)c2cccc(NC(=O)CCCN)c2)CC1. The Hall–Kier alpha value is -1.48. The van der Waals surface area contributed by atoms with Crippen LogP contribution in [0.25, 0.3) is 0 Å². The second kappa shape index (κ2) is 8.57. The maximum Gasteiger partial charge on any atom is 0.243 e. The first-order valence-electron chi connectivity index (χ1n) is 8.22. The smallest absolute Gasteiger partial charge is 0.243 e. The number of hydrogen-bond donors (Lipinski definition) is 2. The summed E-state index contributed by atoms with van der Waals surface area (Å²) in [5.74, 6) is -0.161. The van der Waals surface area contributed by atoms with Crippen molar-refractivity contribution in [3.05, 3.63) is 24.3 Å². The third kappa shape index (κ3) is 5.01. The zero-order valence-electron chi connectivity index (χ0n) is 14.1. The molecule has 0 saturated carbocycles. The van der Waals surface area contributed by atoms with Crippen LogP contribution >= 0.6 is 0 Å². The minimum atomic E-state index is -3.55. The maximum absolute atomic E-state index is 12.8. The predicted octanol–water partition coefficient (Wildman–Crippen LogP) is 0.690. The molecule has 2 rings (SSSR count). The lowest BCUT2D eigenvalue weighted by atomic mass is 10.2. The Morgan fingerprint density at radius 1 is 1.25 bits per heavy atom. The van der Waals surface area contributed by atoms with Gasteiger partial charge < -0.3 is 16.0 Å². The molecule has 0 spiro atoms. The van der Waals surface area contributed by atoms with E-state index < -0.39 is 10.0 Å². The molecule has 0 aromatic heterocycles. The second-order valence-corrected chi connectivity index (χ2v) is 7.97. The number of rotatable bonds is 6. The molecule has 0 aliphatic carbocycles. The van der Waals surface area contributed by atoms with Crippen LogP contribution in [0.15, 0.2) is 29.2 Å². The Morgan fingerprint density at radius 2 is 2.04 bits per heavy atom. The van der Waals surface area contributed by atoms with Crippen LogP contribution in [-0.2, 0) is 14.8 Å². The van der Waals surface area contributed by atoms with Gasteiger partial charge in [-0.05, 0) is 51.2 Å². The fourth-order valence-corrected chi connectivity index (χ4v) is 4.15. The zero-order chi connectivity index (χ0) is 17.6. The molecule has 24 heavy (non-hydrogen) atoms. The van der Waals surface area contributed by atoms with Gasteiger partial charge in [0.05, 0.1) is 4.90 Å². The van der Waals surface area contributed by atoms with Crippen molar-refractivity contribution in [2.75, 3.05) is 45.1 Å². The molecule has 8 heteroatoms. The standard InChI is InChI=1S/C16H26N4O3S/c1-19-9-4-10-20(12-11-19)24(22,23)15-6-2-5-14(13-15)18-16(21)7-3-8-17/h2,5-6,13H,3-4,7-12,17H2,1H3,(H,18,21). The molecule has 0 radical (unpaired) electrons. The summed E-state index contributed by atoms with van der Waals surface area (Å²) < 4.78 is 27.2. The third-order valence-corrected chi connectivity index (χ3v) is 5.94. The third-order valence-electron chi connectivity index (χ3n) is 4.04. The molecule has 1 saturated heterocycles. The average molecular weight is 354 g/mol. The monoisotopic (exact) mass is 354 g/mol. The number of likely N-dealkylation sites (N-methyl/N-ethyl adjacent to an activating group) is 1. The minimum absolute atomic E-state index is 0.161. The summed E-state index contributed by atoms with van der Waals surface area (Å²) in [4.78, 5) is 14.1. The number of hydrogen-bond acceptors (Lipinski definition) is 5. The summed E-state index contributed by atoms with van der Waals surface area (Å²) in [6.07, 6.45) is 1.74. The molecule has 1 aromatic carbocycles. The Bertz CT molecular complexity index is 663. The summed E-state index contributed by atoms with van der Waals surface area (Å²) in [5.41, 5.74) is 5.88. The van der Waals surface area contributed by atoms with Crippen molar-refractivity contribution in [1.29, 1.82) is 0 Å². The van der Waals surface area contributed by atoms with Crippen molar-refractivity contribution in [3.63, 3.8) is 0 Å². The Morgan fingerprint density at radius 3 is 2.79 bits per heavy atom. The number of nitrogens with one attached hydrogen (secondary N) is 1. The molecule has 1 aliphatic heterocycles. The lowest BCUT2D eigenvalue weighted by Crippen LogP contribution is -2.34. The topological polar surface area (TPSA) is 95.7 Å². The van der Waals surface area contributed by atoms with E-state index in [2.05, 4.69) is 10.2 Å². The highest BCUT2D eigenvalue weighted by molar-refractivity contribution is 7.89. The molecular formula is C16H26N4O3S. The molecule has 1 amide bonds. The molecule has 0 bridgehead atoms. The highest BCUT2D eigenvalue weighted by atomic mass is 32.2. The molecule has 134 valence electrons. The van der Waals surface area contributed by atoms with Gasteiger partial charge in [0.15, 0.2) is 0 Å². The summed E-state index contributed by atoms with van der Waals surface area (Å²) in [5, 5.41) is 2.73. The first-order chi connectivity index (χ1) is 11.4.